The van der Waals surface area contributed by atoms with Crippen molar-refractivity contribution in [3.05, 3.63) is 5.53 Å². The highest BCUT2D eigenvalue weighted by Gasteiger charge is 2.32. The van der Waals surface area contributed by atoms with Crippen molar-refractivity contribution in [1.82, 2.24) is 0 Å². The van der Waals surface area contributed by atoms with E-state index >= 15 is 0 Å². The second kappa shape index (κ2) is 6.44. The Kier molecular flexibility index (Phi) is 5.58. The summed E-state index contributed by atoms with van der Waals surface area (Å²) in [5.74, 6) is -2.86. The van der Waals surface area contributed by atoms with Gasteiger partial charge in [-0.25, -0.2) is 4.79 Å². The van der Waals surface area contributed by atoms with E-state index in [4.69, 9.17) is 5.53 Å². The highest BCUT2D eigenvalue weighted by molar-refractivity contribution is 6.63. The van der Waals surface area contributed by atoms with Crippen LogP contribution in [0.5, 0.6) is 0 Å². The minimum atomic E-state index is -1.08. The van der Waals surface area contributed by atoms with Crippen molar-refractivity contribution < 1.29 is 28.6 Å². The molecular formula is C8H10N2O5. The molecule has 0 fully saturated rings. The van der Waals surface area contributed by atoms with Crippen molar-refractivity contribution in [3.8, 4) is 0 Å². The lowest BCUT2D eigenvalue weighted by atomic mass is 10.2. The summed E-state index contributed by atoms with van der Waals surface area (Å²) in [6, 6.07) is 0. The number of nitrogens with zero attached hydrogens (tertiary/aromatic N) is 2. The molecule has 0 rings (SSSR count). The van der Waals surface area contributed by atoms with Gasteiger partial charge in [-0.2, -0.15) is 4.79 Å². The quantitative estimate of drug-likeness (QED) is 0.199. The van der Waals surface area contributed by atoms with Gasteiger partial charge in [0.15, 0.2) is 0 Å². The molecule has 0 spiro atoms. The van der Waals surface area contributed by atoms with Gasteiger partial charge in [0.2, 0.25) is 0 Å². The van der Waals surface area contributed by atoms with Gasteiger partial charge in [0.05, 0.1) is 13.7 Å². The summed E-state index contributed by atoms with van der Waals surface area (Å²) in [5, 5.41) is 0. The third-order valence-electron chi connectivity index (χ3n) is 1.37. The van der Waals surface area contributed by atoms with Crippen LogP contribution >= 0.6 is 0 Å². The van der Waals surface area contributed by atoms with E-state index in [9.17, 15) is 14.4 Å². The lowest BCUT2D eigenvalue weighted by molar-refractivity contribution is -0.144. The van der Waals surface area contributed by atoms with Gasteiger partial charge in [0.1, 0.15) is 6.42 Å². The molecule has 0 saturated heterocycles. The lowest BCUT2D eigenvalue weighted by Crippen LogP contribution is -2.29. The van der Waals surface area contributed by atoms with Gasteiger partial charge < -0.3 is 15.0 Å². The van der Waals surface area contributed by atoms with E-state index in [0.717, 1.165) is 7.11 Å². The average Bonchev–Trinajstić information content (AvgIpc) is 2.19. The number of esters is 2. The molecule has 0 amide bonds. The smallest absolute Gasteiger partial charge is 0.442 e. The molecule has 0 aliphatic heterocycles. The highest BCUT2D eigenvalue weighted by atomic mass is 16.5. The van der Waals surface area contributed by atoms with Crippen LogP contribution < -0.4 is 0 Å². The first-order valence-electron chi connectivity index (χ1n) is 4.06. The molecule has 0 N–H and O–H groups in total. The molecule has 0 aliphatic carbocycles. The fourth-order valence-corrected chi connectivity index (χ4v) is 0.697. The number of Topliss-reactive ketones (excluding diaryl/α,β-unsaturated/α-hetero) is 1. The van der Waals surface area contributed by atoms with Crippen LogP contribution in [-0.2, 0) is 23.9 Å². The summed E-state index contributed by atoms with van der Waals surface area (Å²) in [4.78, 5) is 35.3. The maximum absolute atomic E-state index is 11.2. The van der Waals surface area contributed by atoms with Crippen LogP contribution in [0.1, 0.15) is 13.3 Å². The van der Waals surface area contributed by atoms with E-state index in [-0.39, 0.29) is 6.61 Å². The standard InChI is InChI=1S/C8H10N2O5/c1-3-15-8(13)7(10-9)5(11)4-6(12)14-2/h3-4H2,1-2H3. The normalized spacial score (nSPS) is 8.67. The number of ether oxygens (including phenoxy) is 2. The summed E-state index contributed by atoms with van der Waals surface area (Å²) in [6.07, 6.45) is -0.672. The van der Waals surface area contributed by atoms with Gasteiger partial charge in [0, 0.05) is 0 Å². The van der Waals surface area contributed by atoms with Crippen LogP contribution in [-0.4, -0.2) is 41.9 Å². The second-order valence-electron chi connectivity index (χ2n) is 2.35. The number of carbonyl (C=O) groups is 3. The number of carbonyl (C=O) groups excluding carboxylic acids is 3. The molecule has 0 unspecified atom stereocenters. The van der Waals surface area contributed by atoms with E-state index in [2.05, 4.69) is 14.3 Å². The van der Waals surface area contributed by atoms with Gasteiger partial charge in [0.25, 0.3) is 5.78 Å². The summed E-state index contributed by atoms with van der Waals surface area (Å²) in [6.45, 7) is 1.56. The van der Waals surface area contributed by atoms with Crippen LogP contribution in [0.25, 0.3) is 5.53 Å². The Labute approximate surface area is 85.6 Å². The molecule has 0 radical (unpaired) electrons. The predicted molar refractivity (Wildman–Crippen MR) is 46.9 cm³/mol. The fraction of sp³-hybridized carbons (Fsp3) is 0.500. The number of ketones is 1. The van der Waals surface area contributed by atoms with Gasteiger partial charge >= 0.3 is 17.7 Å². The van der Waals surface area contributed by atoms with E-state index in [0.29, 0.717) is 0 Å². The summed E-state index contributed by atoms with van der Waals surface area (Å²) >= 11 is 0. The summed E-state index contributed by atoms with van der Waals surface area (Å²) in [5.41, 5.74) is 7.58. The van der Waals surface area contributed by atoms with Crippen molar-refractivity contribution >= 4 is 23.4 Å². The Hall–Kier alpha value is -2.01. The van der Waals surface area contributed by atoms with E-state index in [1.165, 1.54) is 6.92 Å². The maximum atomic E-state index is 11.2. The Morgan fingerprint density at radius 3 is 2.33 bits per heavy atom. The van der Waals surface area contributed by atoms with Gasteiger partial charge in [-0.1, -0.05) is 0 Å². The Balaban J connectivity index is 4.57. The molecule has 7 nitrogen and oxygen atoms in total. The van der Waals surface area contributed by atoms with Crippen molar-refractivity contribution in [2.75, 3.05) is 13.7 Å². The average molecular weight is 214 g/mol. The van der Waals surface area contributed by atoms with Gasteiger partial charge in [-0.3, -0.25) is 9.59 Å². The molecule has 0 aliphatic rings. The topological polar surface area (TPSA) is 106 Å². The molecule has 0 aromatic carbocycles. The number of methoxy groups -OCH3 is 1. The lowest BCUT2D eigenvalue weighted by Gasteiger charge is -1.96. The zero-order valence-electron chi connectivity index (χ0n) is 8.35. The first-order valence-corrected chi connectivity index (χ1v) is 4.06. The van der Waals surface area contributed by atoms with Crippen LogP contribution in [0, 0.1) is 0 Å². The van der Waals surface area contributed by atoms with Crippen molar-refractivity contribution in [2.24, 2.45) is 0 Å². The molecule has 15 heavy (non-hydrogen) atoms. The number of rotatable bonds is 5. The monoisotopic (exact) mass is 214 g/mol. The first-order chi connectivity index (χ1) is 7.06. The molecule has 0 aromatic heterocycles. The molecule has 82 valence electrons. The predicted octanol–water partition coefficient (Wildman–Crippen LogP) is -0.648. The van der Waals surface area contributed by atoms with Gasteiger partial charge in [-0.05, 0) is 6.92 Å². The molecule has 0 heterocycles. The first kappa shape index (κ1) is 13.0. The van der Waals surface area contributed by atoms with Crippen LogP contribution in [0.2, 0.25) is 0 Å². The number of hydrogen-bond acceptors (Lipinski definition) is 5. The molecule has 0 atom stereocenters. The Bertz CT molecular complexity index is 330. The molecule has 0 bridgehead atoms. The summed E-state index contributed by atoms with van der Waals surface area (Å²) < 4.78 is 8.64. The summed E-state index contributed by atoms with van der Waals surface area (Å²) in [7, 11) is 1.09. The van der Waals surface area contributed by atoms with E-state index in [1.54, 1.807) is 0 Å². The molecule has 0 saturated carbocycles. The minimum absolute atomic E-state index is 0.0311. The van der Waals surface area contributed by atoms with Crippen LogP contribution in [0.15, 0.2) is 0 Å². The fourth-order valence-electron chi connectivity index (χ4n) is 0.697. The zero-order valence-corrected chi connectivity index (χ0v) is 8.35. The SMILES string of the molecule is CCOC(=O)C(=[N+]=[N-])C(=O)CC(=O)OC. The largest absolute Gasteiger partial charge is 0.469 e. The highest BCUT2D eigenvalue weighted by Crippen LogP contribution is 1.92. The molecule has 0 aromatic rings. The maximum Gasteiger partial charge on any atom is 0.442 e. The van der Waals surface area contributed by atoms with E-state index < -0.39 is 29.9 Å². The zero-order chi connectivity index (χ0) is 11.8. The third kappa shape index (κ3) is 4.15. The second-order valence-corrected chi connectivity index (χ2v) is 2.35. The Morgan fingerprint density at radius 2 is 1.93 bits per heavy atom. The minimum Gasteiger partial charge on any atom is -0.469 e. The Morgan fingerprint density at radius 1 is 1.33 bits per heavy atom. The van der Waals surface area contributed by atoms with Crippen LogP contribution in [0.4, 0.5) is 0 Å². The van der Waals surface area contributed by atoms with Crippen molar-refractivity contribution in [1.29, 1.82) is 0 Å². The van der Waals surface area contributed by atoms with Gasteiger partial charge in [-0.15, -0.1) is 0 Å². The van der Waals surface area contributed by atoms with Crippen molar-refractivity contribution in [3.63, 3.8) is 0 Å². The molecular weight excluding hydrogens is 204 g/mol. The third-order valence-corrected chi connectivity index (χ3v) is 1.37. The molecule has 7 heteroatoms. The van der Waals surface area contributed by atoms with Crippen molar-refractivity contribution in [2.45, 2.75) is 13.3 Å². The number of hydrogen-bond donors (Lipinski definition) is 0. The van der Waals surface area contributed by atoms with E-state index in [1.807, 2.05) is 0 Å². The van der Waals surface area contributed by atoms with Crippen LogP contribution in [0.3, 0.4) is 0 Å².